The van der Waals surface area contributed by atoms with Crippen LogP contribution in [-0.2, 0) is 6.54 Å². The molecule has 25 heavy (non-hydrogen) atoms. The van der Waals surface area contributed by atoms with Crippen LogP contribution in [-0.4, -0.2) is 46.3 Å². The average Bonchev–Trinajstić information content (AvgIpc) is 2.68. The zero-order chi connectivity index (χ0) is 17.5. The van der Waals surface area contributed by atoms with E-state index in [0.29, 0.717) is 18.2 Å². The number of amides is 1. The first-order valence-corrected chi connectivity index (χ1v) is 9.32. The van der Waals surface area contributed by atoms with Crippen LogP contribution in [0.2, 0.25) is 0 Å². The minimum Gasteiger partial charge on any atom is -0.370 e. The first-order valence-electron chi connectivity index (χ1n) is 8.16. The maximum Gasteiger partial charge on any atom is 0.274 e. The lowest BCUT2D eigenvalue weighted by molar-refractivity contribution is 0.102. The predicted molar refractivity (Wildman–Crippen MR) is 103 cm³/mol. The second kappa shape index (κ2) is 8.53. The SMILES string of the molecule is NC(=NCc1cccc(NC(=O)c2ccccn2)c1)N1CCSCC1. The molecule has 1 amide bonds. The van der Waals surface area contributed by atoms with E-state index >= 15 is 0 Å². The smallest absolute Gasteiger partial charge is 0.274 e. The Labute approximate surface area is 151 Å². The van der Waals surface area contributed by atoms with Gasteiger partial charge in [-0.15, -0.1) is 0 Å². The van der Waals surface area contributed by atoms with Gasteiger partial charge < -0.3 is 16.0 Å². The lowest BCUT2D eigenvalue weighted by Crippen LogP contribution is -2.42. The molecule has 1 aliphatic rings. The van der Waals surface area contributed by atoms with E-state index < -0.39 is 0 Å². The third-order valence-corrected chi connectivity index (χ3v) is 4.78. The third kappa shape index (κ3) is 4.96. The molecular weight excluding hydrogens is 334 g/mol. The van der Waals surface area contributed by atoms with Gasteiger partial charge in [-0.05, 0) is 29.8 Å². The Morgan fingerprint density at radius 1 is 1.24 bits per heavy atom. The number of hydrogen-bond donors (Lipinski definition) is 2. The second-order valence-corrected chi connectivity index (χ2v) is 6.87. The maximum atomic E-state index is 12.2. The van der Waals surface area contributed by atoms with E-state index in [1.165, 1.54) is 0 Å². The summed E-state index contributed by atoms with van der Waals surface area (Å²) in [6.45, 7) is 2.38. The zero-order valence-electron chi connectivity index (χ0n) is 13.9. The van der Waals surface area contributed by atoms with Crippen molar-refractivity contribution in [1.82, 2.24) is 9.88 Å². The number of nitrogens with two attached hydrogens (primary N) is 1. The van der Waals surface area contributed by atoms with Crippen LogP contribution in [0.5, 0.6) is 0 Å². The van der Waals surface area contributed by atoms with Gasteiger partial charge in [0.15, 0.2) is 5.96 Å². The number of hydrogen-bond acceptors (Lipinski definition) is 4. The van der Waals surface area contributed by atoms with Gasteiger partial charge in [0.1, 0.15) is 5.69 Å². The van der Waals surface area contributed by atoms with Crippen molar-refractivity contribution in [3.63, 3.8) is 0 Å². The number of pyridine rings is 1. The average molecular weight is 355 g/mol. The number of carbonyl (C=O) groups excluding carboxylic acids is 1. The highest BCUT2D eigenvalue weighted by molar-refractivity contribution is 7.99. The number of guanidine groups is 1. The molecule has 1 aliphatic heterocycles. The zero-order valence-corrected chi connectivity index (χ0v) is 14.7. The van der Waals surface area contributed by atoms with Crippen LogP contribution in [0.25, 0.3) is 0 Å². The summed E-state index contributed by atoms with van der Waals surface area (Å²) in [7, 11) is 0. The summed E-state index contributed by atoms with van der Waals surface area (Å²) in [5, 5.41) is 2.86. The first kappa shape index (κ1) is 17.3. The molecule has 0 spiro atoms. The standard InChI is InChI=1S/C18H21N5OS/c19-18(23-8-10-25-11-9-23)21-13-14-4-3-5-15(12-14)22-17(24)16-6-1-2-7-20-16/h1-7,12H,8-11,13H2,(H2,19,21)(H,22,24). The molecule has 6 nitrogen and oxygen atoms in total. The van der Waals surface area contributed by atoms with Gasteiger partial charge in [0.05, 0.1) is 6.54 Å². The van der Waals surface area contributed by atoms with E-state index in [4.69, 9.17) is 5.73 Å². The van der Waals surface area contributed by atoms with Crippen LogP contribution in [0.3, 0.4) is 0 Å². The number of carbonyl (C=O) groups is 1. The van der Waals surface area contributed by atoms with Crippen LogP contribution in [0.15, 0.2) is 53.7 Å². The van der Waals surface area contributed by atoms with Crippen molar-refractivity contribution >= 4 is 29.3 Å². The molecule has 1 saturated heterocycles. The second-order valence-electron chi connectivity index (χ2n) is 5.64. The number of aliphatic imine (C=N–C) groups is 1. The van der Waals surface area contributed by atoms with Gasteiger partial charge in [-0.2, -0.15) is 11.8 Å². The van der Waals surface area contributed by atoms with E-state index in [1.807, 2.05) is 36.0 Å². The lowest BCUT2D eigenvalue weighted by Gasteiger charge is -2.27. The van der Waals surface area contributed by atoms with Crippen molar-refractivity contribution < 1.29 is 4.79 Å². The van der Waals surface area contributed by atoms with Crippen molar-refractivity contribution in [2.24, 2.45) is 10.7 Å². The van der Waals surface area contributed by atoms with Gasteiger partial charge in [0.25, 0.3) is 5.91 Å². The third-order valence-electron chi connectivity index (χ3n) is 3.84. The number of nitrogens with zero attached hydrogens (tertiary/aromatic N) is 3. The van der Waals surface area contributed by atoms with Gasteiger partial charge in [-0.25, -0.2) is 4.99 Å². The number of benzene rings is 1. The molecule has 7 heteroatoms. The topological polar surface area (TPSA) is 83.6 Å². The minimum atomic E-state index is -0.230. The molecule has 130 valence electrons. The fourth-order valence-electron chi connectivity index (χ4n) is 2.50. The molecule has 0 radical (unpaired) electrons. The van der Waals surface area contributed by atoms with Crippen molar-refractivity contribution in [1.29, 1.82) is 0 Å². The molecule has 2 heterocycles. The predicted octanol–water partition coefficient (Wildman–Crippen LogP) is 2.20. The normalized spacial score (nSPS) is 15.0. The quantitative estimate of drug-likeness (QED) is 0.649. The molecular formula is C18H21N5OS. The van der Waals surface area contributed by atoms with Crippen LogP contribution in [0.4, 0.5) is 5.69 Å². The van der Waals surface area contributed by atoms with E-state index in [-0.39, 0.29) is 5.91 Å². The monoisotopic (exact) mass is 355 g/mol. The van der Waals surface area contributed by atoms with Crippen LogP contribution in [0, 0.1) is 0 Å². The van der Waals surface area contributed by atoms with Crippen LogP contribution < -0.4 is 11.1 Å². The molecule has 3 N–H and O–H groups in total. The molecule has 1 aromatic heterocycles. The highest BCUT2D eigenvalue weighted by Gasteiger charge is 2.12. The van der Waals surface area contributed by atoms with Crippen molar-refractivity contribution in [2.45, 2.75) is 6.54 Å². The molecule has 0 atom stereocenters. The van der Waals surface area contributed by atoms with Gasteiger partial charge in [-0.3, -0.25) is 9.78 Å². The van der Waals surface area contributed by atoms with Crippen molar-refractivity contribution in [3.05, 3.63) is 59.9 Å². The highest BCUT2D eigenvalue weighted by Crippen LogP contribution is 2.13. The largest absolute Gasteiger partial charge is 0.370 e. The fraction of sp³-hybridized carbons (Fsp3) is 0.278. The number of nitrogens with one attached hydrogen (secondary N) is 1. The Kier molecular flexibility index (Phi) is 5.90. The number of aromatic nitrogens is 1. The Balaban J connectivity index is 1.62. The summed E-state index contributed by atoms with van der Waals surface area (Å²) in [4.78, 5) is 22.8. The molecule has 1 fully saturated rings. The summed E-state index contributed by atoms with van der Waals surface area (Å²) in [5.41, 5.74) is 8.18. The summed E-state index contributed by atoms with van der Waals surface area (Å²) >= 11 is 1.94. The van der Waals surface area contributed by atoms with Crippen molar-refractivity contribution in [2.75, 3.05) is 29.9 Å². The molecule has 0 bridgehead atoms. The van der Waals surface area contributed by atoms with Gasteiger partial charge >= 0.3 is 0 Å². The van der Waals surface area contributed by atoms with E-state index in [1.54, 1.807) is 24.4 Å². The van der Waals surface area contributed by atoms with Gasteiger partial charge in [-0.1, -0.05) is 18.2 Å². The number of thioether (sulfide) groups is 1. The van der Waals surface area contributed by atoms with Crippen LogP contribution >= 0.6 is 11.8 Å². The Bertz CT molecular complexity index is 744. The molecule has 0 saturated carbocycles. The molecule has 0 unspecified atom stereocenters. The van der Waals surface area contributed by atoms with E-state index in [2.05, 4.69) is 20.2 Å². The maximum absolute atomic E-state index is 12.2. The van der Waals surface area contributed by atoms with Crippen LogP contribution in [0.1, 0.15) is 16.1 Å². The Morgan fingerprint density at radius 2 is 2.08 bits per heavy atom. The number of anilines is 1. The van der Waals surface area contributed by atoms with Crippen molar-refractivity contribution in [3.8, 4) is 0 Å². The first-order chi connectivity index (χ1) is 12.2. The molecule has 0 aliphatic carbocycles. The summed E-state index contributed by atoms with van der Waals surface area (Å²) in [6.07, 6.45) is 1.60. The number of rotatable bonds is 4. The fourth-order valence-corrected chi connectivity index (χ4v) is 3.41. The van der Waals surface area contributed by atoms with Gasteiger partial charge in [0.2, 0.25) is 0 Å². The lowest BCUT2D eigenvalue weighted by atomic mass is 10.2. The Morgan fingerprint density at radius 3 is 2.84 bits per heavy atom. The molecule has 3 rings (SSSR count). The summed E-state index contributed by atoms with van der Waals surface area (Å²) in [5.74, 6) is 2.53. The molecule has 2 aromatic rings. The Hall–Kier alpha value is -2.54. The summed E-state index contributed by atoms with van der Waals surface area (Å²) < 4.78 is 0. The van der Waals surface area contributed by atoms with Gasteiger partial charge in [0, 0.05) is 36.5 Å². The summed E-state index contributed by atoms with van der Waals surface area (Å²) in [6, 6.07) is 12.9. The molecule has 1 aromatic carbocycles. The van der Waals surface area contributed by atoms with E-state index in [0.717, 1.165) is 35.8 Å². The highest BCUT2D eigenvalue weighted by atomic mass is 32.2. The van der Waals surface area contributed by atoms with E-state index in [9.17, 15) is 4.79 Å². The minimum absolute atomic E-state index is 0.230.